The van der Waals surface area contributed by atoms with Crippen molar-refractivity contribution in [2.24, 2.45) is 11.8 Å². The van der Waals surface area contributed by atoms with Gasteiger partial charge in [0.25, 0.3) is 0 Å². The van der Waals surface area contributed by atoms with Crippen molar-refractivity contribution in [2.45, 2.75) is 75.0 Å². The van der Waals surface area contributed by atoms with Crippen LogP contribution >= 0.6 is 11.8 Å². The second-order valence-corrected chi connectivity index (χ2v) is 9.89. The summed E-state index contributed by atoms with van der Waals surface area (Å²) in [6.07, 6.45) is 3.83. The summed E-state index contributed by atoms with van der Waals surface area (Å²) in [5, 5.41) is 12.1. The minimum absolute atomic E-state index is 0.0150. The van der Waals surface area contributed by atoms with Gasteiger partial charge in [-0.3, -0.25) is 14.4 Å². The highest BCUT2D eigenvalue weighted by Crippen LogP contribution is 2.66. The Balaban J connectivity index is 1.89. The number of amides is 2. The number of ether oxygens (including phenoxy) is 1. The lowest BCUT2D eigenvalue weighted by molar-refractivity contribution is -0.153. The summed E-state index contributed by atoms with van der Waals surface area (Å²) in [5.41, 5.74) is 0. The lowest BCUT2D eigenvalue weighted by atomic mass is 9.71. The molecule has 28 heavy (non-hydrogen) atoms. The number of hydrogen-bond acceptors (Lipinski definition) is 6. The highest BCUT2D eigenvalue weighted by atomic mass is 32.2. The smallest absolute Gasteiger partial charge is 0.310 e. The van der Waals surface area contributed by atoms with Crippen LogP contribution in [-0.2, 0) is 19.1 Å². The molecule has 2 N–H and O–H groups in total. The zero-order valence-corrected chi connectivity index (χ0v) is 17.8. The Morgan fingerprint density at radius 3 is 2.75 bits per heavy atom. The van der Waals surface area contributed by atoms with Gasteiger partial charge >= 0.3 is 5.97 Å². The minimum Gasteiger partial charge on any atom is -0.466 e. The van der Waals surface area contributed by atoms with E-state index in [2.05, 4.69) is 5.32 Å². The van der Waals surface area contributed by atoms with Crippen LogP contribution in [0.4, 0.5) is 0 Å². The molecule has 2 bridgehead atoms. The molecule has 1 spiro atoms. The van der Waals surface area contributed by atoms with Crippen LogP contribution in [0.25, 0.3) is 0 Å². The molecule has 0 aromatic carbocycles. The number of fused-ring (bicyclic) bond motifs is 1. The highest BCUT2D eigenvalue weighted by molar-refractivity contribution is 8.02. The van der Waals surface area contributed by atoms with Crippen molar-refractivity contribution < 1.29 is 24.2 Å². The van der Waals surface area contributed by atoms with E-state index in [0.717, 1.165) is 25.7 Å². The molecule has 158 valence electrons. The Morgan fingerprint density at radius 2 is 2.11 bits per heavy atom. The van der Waals surface area contributed by atoms with E-state index in [0.29, 0.717) is 19.6 Å². The Bertz CT molecular complexity index is 628. The molecule has 0 aromatic rings. The van der Waals surface area contributed by atoms with Crippen molar-refractivity contribution in [2.75, 3.05) is 19.8 Å². The predicted molar refractivity (Wildman–Crippen MR) is 107 cm³/mol. The summed E-state index contributed by atoms with van der Waals surface area (Å²) >= 11 is 1.66. The first-order valence-electron chi connectivity index (χ1n) is 10.4. The van der Waals surface area contributed by atoms with Crippen LogP contribution in [-0.4, -0.2) is 69.6 Å². The van der Waals surface area contributed by atoms with E-state index in [-0.39, 0.29) is 35.7 Å². The summed E-state index contributed by atoms with van der Waals surface area (Å²) in [5.74, 6) is -1.43. The first-order valence-corrected chi connectivity index (χ1v) is 11.3. The monoisotopic (exact) mass is 412 g/mol. The van der Waals surface area contributed by atoms with E-state index in [9.17, 15) is 14.4 Å². The van der Waals surface area contributed by atoms with Gasteiger partial charge in [-0.15, -0.1) is 11.8 Å². The molecule has 2 amide bonds. The number of rotatable bonds is 9. The van der Waals surface area contributed by atoms with Gasteiger partial charge in [0, 0.05) is 24.4 Å². The summed E-state index contributed by atoms with van der Waals surface area (Å²) in [7, 11) is 0. The van der Waals surface area contributed by atoms with Gasteiger partial charge in [0.1, 0.15) is 6.04 Å². The lowest BCUT2D eigenvalue weighted by Gasteiger charge is -2.34. The number of carbonyl (C=O) groups excluding carboxylic acids is 3. The Labute approximate surface area is 170 Å². The number of esters is 1. The van der Waals surface area contributed by atoms with Crippen LogP contribution in [0, 0.1) is 11.8 Å². The molecule has 0 saturated carbocycles. The van der Waals surface area contributed by atoms with Crippen molar-refractivity contribution >= 4 is 29.5 Å². The maximum absolute atomic E-state index is 13.4. The van der Waals surface area contributed by atoms with Crippen molar-refractivity contribution in [1.29, 1.82) is 0 Å². The van der Waals surface area contributed by atoms with Crippen molar-refractivity contribution in [1.82, 2.24) is 10.2 Å². The Kier molecular flexibility index (Phi) is 6.59. The van der Waals surface area contributed by atoms with Gasteiger partial charge in [-0.25, -0.2) is 0 Å². The number of thioether (sulfide) groups is 1. The second kappa shape index (κ2) is 8.61. The van der Waals surface area contributed by atoms with Gasteiger partial charge in [0.15, 0.2) is 0 Å². The second-order valence-electron chi connectivity index (χ2n) is 8.29. The molecule has 2 unspecified atom stereocenters. The standard InChI is InChI=1S/C20H32N2O5S/c1-4-27-19(26)14-13-8-9-20(28-13)15(14)18(25)22(10-6-5-7-11-23)16(20)17(24)21-12(2)3/h12-16,23H,4-11H2,1-3H3,(H,21,24)/t13-,14+,15+,16?,20?/m1/s1. The molecule has 3 aliphatic rings. The summed E-state index contributed by atoms with van der Waals surface area (Å²) < 4.78 is 4.76. The van der Waals surface area contributed by atoms with Gasteiger partial charge in [-0.1, -0.05) is 0 Å². The zero-order valence-electron chi connectivity index (χ0n) is 17.0. The molecule has 3 heterocycles. The van der Waals surface area contributed by atoms with E-state index < -0.39 is 22.6 Å². The topological polar surface area (TPSA) is 95.9 Å². The molecule has 3 rings (SSSR count). The molecule has 0 radical (unpaired) electrons. The van der Waals surface area contributed by atoms with E-state index in [1.165, 1.54) is 0 Å². The van der Waals surface area contributed by atoms with Gasteiger partial charge in [0.05, 0.1) is 23.2 Å². The Morgan fingerprint density at radius 1 is 1.36 bits per heavy atom. The van der Waals surface area contributed by atoms with Crippen molar-refractivity contribution in [3.05, 3.63) is 0 Å². The van der Waals surface area contributed by atoms with Crippen molar-refractivity contribution in [3.8, 4) is 0 Å². The van der Waals surface area contributed by atoms with Gasteiger partial charge in [0.2, 0.25) is 11.8 Å². The molecular formula is C20H32N2O5S. The lowest BCUT2D eigenvalue weighted by Crippen LogP contribution is -2.54. The number of aliphatic hydroxyl groups is 1. The molecule has 0 aliphatic carbocycles. The van der Waals surface area contributed by atoms with E-state index in [1.807, 2.05) is 13.8 Å². The summed E-state index contributed by atoms with van der Waals surface area (Å²) in [6.45, 7) is 6.50. The maximum Gasteiger partial charge on any atom is 0.310 e. The third-order valence-electron chi connectivity index (χ3n) is 6.10. The van der Waals surface area contributed by atoms with Crippen LogP contribution in [0.2, 0.25) is 0 Å². The fourth-order valence-corrected chi connectivity index (χ4v) is 7.34. The average Bonchev–Trinajstić information content (AvgIpc) is 3.26. The first kappa shape index (κ1) is 21.4. The fourth-order valence-electron chi connectivity index (χ4n) is 5.13. The molecular weight excluding hydrogens is 380 g/mol. The third kappa shape index (κ3) is 3.54. The van der Waals surface area contributed by atoms with E-state index >= 15 is 0 Å². The normalized spacial score (nSPS) is 33.5. The quantitative estimate of drug-likeness (QED) is 0.438. The average molecular weight is 413 g/mol. The number of aliphatic hydroxyl groups excluding tert-OH is 1. The largest absolute Gasteiger partial charge is 0.466 e. The SMILES string of the molecule is CCOC(=O)[C@@H]1[C@H]2C(=O)N(CCCCCO)C(C(=O)NC(C)C)C23CC[C@H]1S3. The molecule has 3 aliphatic heterocycles. The predicted octanol–water partition coefficient (Wildman–Crippen LogP) is 1.33. The maximum atomic E-state index is 13.4. The van der Waals surface area contributed by atoms with Crippen LogP contribution < -0.4 is 5.32 Å². The van der Waals surface area contributed by atoms with Crippen LogP contribution in [0.1, 0.15) is 52.9 Å². The first-order chi connectivity index (χ1) is 13.4. The highest BCUT2D eigenvalue weighted by Gasteiger charge is 2.73. The molecule has 5 atom stereocenters. The number of nitrogens with one attached hydrogen (secondary N) is 1. The van der Waals surface area contributed by atoms with Crippen LogP contribution in [0.15, 0.2) is 0 Å². The molecule has 8 heteroatoms. The number of carbonyl (C=O) groups is 3. The third-order valence-corrected chi connectivity index (χ3v) is 8.05. The van der Waals surface area contributed by atoms with E-state index in [1.54, 1.807) is 23.6 Å². The van der Waals surface area contributed by atoms with Crippen LogP contribution in [0.3, 0.4) is 0 Å². The molecule has 7 nitrogen and oxygen atoms in total. The fraction of sp³-hybridized carbons (Fsp3) is 0.850. The Hall–Kier alpha value is -1.28. The minimum atomic E-state index is -0.545. The van der Waals surface area contributed by atoms with E-state index in [4.69, 9.17) is 9.84 Å². The summed E-state index contributed by atoms with van der Waals surface area (Å²) in [4.78, 5) is 40.9. The molecule has 3 saturated heterocycles. The molecule has 3 fully saturated rings. The number of nitrogens with zero attached hydrogens (tertiary/aromatic N) is 1. The van der Waals surface area contributed by atoms with Gasteiger partial charge in [-0.05, 0) is 52.9 Å². The van der Waals surface area contributed by atoms with Gasteiger partial charge in [-0.2, -0.15) is 0 Å². The zero-order chi connectivity index (χ0) is 20.5. The molecule has 0 aromatic heterocycles. The van der Waals surface area contributed by atoms with Gasteiger partial charge < -0.3 is 20.1 Å². The summed E-state index contributed by atoms with van der Waals surface area (Å²) in [6, 6.07) is -0.560. The number of hydrogen-bond donors (Lipinski definition) is 2. The van der Waals surface area contributed by atoms with Crippen LogP contribution in [0.5, 0.6) is 0 Å². The number of likely N-dealkylation sites (tertiary alicyclic amines) is 1. The van der Waals surface area contributed by atoms with Crippen molar-refractivity contribution in [3.63, 3.8) is 0 Å². The number of unbranched alkanes of at least 4 members (excludes halogenated alkanes) is 2.